The summed E-state index contributed by atoms with van der Waals surface area (Å²) in [7, 11) is 1.66. The second-order valence-corrected chi connectivity index (χ2v) is 5.66. The highest BCUT2D eigenvalue weighted by Gasteiger charge is 2.26. The molecule has 2 amide bonds. The van der Waals surface area contributed by atoms with Crippen LogP contribution in [0.3, 0.4) is 0 Å². The summed E-state index contributed by atoms with van der Waals surface area (Å²) in [4.78, 5) is 25.3. The number of nitrogens with one attached hydrogen (secondary N) is 3. The number of hydrogen-bond donors (Lipinski definition) is 3. The second-order valence-electron chi connectivity index (χ2n) is 5.66. The van der Waals surface area contributed by atoms with Crippen LogP contribution >= 0.6 is 0 Å². The SMILES string of the molecule is CC(C)CNC(=O)CN(C)C(=O)C1CNC(C)CN1. The van der Waals surface area contributed by atoms with E-state index in [-0.39, 0.29) is 24.4 Å². The van der Waals surface area contributed by atoms with Crippen LogP contribution in [0.1, 0.15) is 20.8 Å². The van der Waals surface area contributed by atoms with Crippen molar-refractivity contribution in [3.8, 4) is 0 Å². The van der Waals surface area contributed by atoms with Crippen molar-refractivity contribution in [1.82, 2.24) is 20.9 Å². The van der Waals surface area contributed by atoms with Crippen LogP contribution in [-0.4, -0.2) is 62.0 Å². The molecule has 1 rings (SSSR count). The average Bonchev–Trinajstić information content (AvgIpc) is 2.36. The molecule has 0 aromatic rings. The van der Waals surface area contributed by atoms with E-state index in [1.807, 2.05) is 13.8 Å². The van der Waals surface area contributed by atoms with Gasteiger partial charge >= 0.3 is 0 Å². The van der Waals surface area contributed by atoms with E-state index in [4.69, 9.17) is 0 Å². The molecule has 6 nitrogen and oxygen atoms in total. The summed E-state index contributed by atoms with van der Waals surface area (Å²) in [5.41, 5.74) is 0. The third-order valence-corrected chi connectivity index (χ3v) is 3.10. The van der Waals surface area contributed by atoms with Crippen molar-refractivity contribution in [2.45, 2.75) is 32.9 Å². The largest absolute Gasteiger partial charge is 0.354 e. The monoisotopic (exact) mass is 270 g/mol. The van der Waals surface area contributed by atoms with E-state index in [1.54, 1.807) is 7.05 Å². The Morgan fingerprint density at radius 3 is 2.53 bits per heavy atom. The van der Waals surface area contributed by atoms with Crippen LogP contribution in [0.5, 0.6) is 0 Å². The van der Waals surface area contributed by atoms with Crippen LogP contribution in [0.25, 0.3) is 0 Å². The maximum atomic E-state index is 12.1. The van der Waals surface area contributed by atoms with Gasteiger partial charge in [0.05, 0.1) is 12.6 Å². The van der Waals surface area contributed by atoms with Gasteiger partial charge in [0, 0.05) is 32.7 Å². The first kappa shape index (κ1) is 15.9. The van der Waals surface area contributed by atoms with Crippen LogP contribution in [0.15, 0.2) is 0 Å². The van der Waals surface area contributed by atoms with E-state index in [1.165, 1.54) is 4.90 Å². The van der Waals surface area contributed by atoms with Gasteiger partial charge in [0.25, 0.3) is 0 Å². The maximum absolute atomic E-state index is 12.1. The summed E-state index contributed by atoms with van der Waals surface area (Å²) < 4.78 is 0. The van der Waals surface area contributed by atoms with Gasteiger partial charge in [-0.15, -0.1) is 0 Å². The normalized spacial score (nSPS) is 23.2. The van der Waals surface area contributed by atoms with E-state index < -0.39 is 0 Å². The van der Waals surface area contributed by atoms with Crippen molar-refractivity contribution in [2.24, 2.45) is 5.92 Å². The summed E-state index contributed by atoms with van der Waals surface area (Å²) in [5, 5.41) is 9.25. The number of carbonyl (C=O) groups is 2. The maximum Gasteiger partial charge on any atom is 0.241 e. The molecule has 0 aromatic heterocycles. The lowest BCUT2D eigenvalue weighted by Gasteiger charge is -2.31. The highest BCUT2D eigenvalue weighted by atomic mass is 16.2. The van der Waals surface area contributed by atoms with Crippen LogP contribution < -0.4 is 16.0 Å². The van der Waals surface area contributed by atoms with Gasteiger partial charge in [-0.25, -0.2) is 0 Å². The fourth-order valence-electron chi connectivity index (χ4n) is 1.89. The van der Waals surface area contributed by atoms with Gasteiger partial charge in [-0.3, -0.25) is 9.59 Å². The van der Waals surface area contributed by atoms with Crippen LogP contribution in [-0.2, 0) is 9.59 Å². The molecule has 110 valence electrons. The van der Waals surface area contributed by atoms with E-state index in [2.05, 4.69) is 22.9 Å². The molecule has 1 aliphatic rings. The van der Waals surface area contributed by atoms with Gasteiger partial charge in [0.15, 0.2) is 0 Å². The molecule has 0 spiro atoms. The number of amides is 2. The van der Waals surface area contributed by atoms with E-state index >= 15 is 0 Å². The Bertz CT molecular complexity index is 312. The van der Waals surface area contributed by atoms with Crippen molar-refractivity contribution in [3.05, 3.63) is 0 Å². The van der Waals surface area contributed by atoms with E-state index in [0.717, 1.165) is 6.54 Å². The van der Waals surface area contributed by atoms with Gasteiger partial charge in [-0.05, 0) is 12.8 Å². The van der Waals surface area contributed by atoms with Gasteiger partial charge in [-0.1, -0.05) is 13.8 Å². The summed E-state index contributed by atoms with van der Waals surface area (Å²) in [5.74, 6) is 0.261. The van der Waals surface area contributed by atoms with Crippen molar-refractivity contribution in [1.29, 1.82) is 0 Å². The molecular weight excluding hydrogens is 244 g/mol. The lowest BCUT2D eigenvalue weighted by atomic mass is 10.1. The number of piperazine rings is 1. The first-order chi connectivity index (χ1) is 8.90. The number of rotatable bonds is 5. The summed E-state index contributed by atoms with van der Waals surface area (Å²) >= 11 is 0. The zero-order valence-electron chi connectivity index (χ0n) is 12.3. The summed E-state index contributed by atoms with van der Waals surface area (Å²) in [6.45, 7) is 8.27. The molecule has 2 atom stereocenters. The van der Waals surface area contributed by atoms with Crippen molar-refractivity contribution in [3.63, 3.8) is 0 Å². The molecule has 0 aromatic carbocycles. The third kappa shape index (κ3) is 5.57. The Labute approximate surface area is 115 Å². The first-order valence-corrected chi connectivity index (χ1v) is 6.88. The molecule has 6 heteroatoms. The molecule has 1 fully saturated rings. The molecule has 0 aliphatic carbocycles. The predicted octanol–water partition coefficient (Wildman–Crippen LogP) is -0.833. The number of carbonyl (C=O) groups excluding carboxylic acids is 2. The van der Waals surface area contributed by atoms with Gasteiger partial charge in [-0.2, -0.15) is 0 Å². The standard InChI is InChI=1S/C13H26N4O2/c1-9(2)5-16-12(18)8-17(4)13(19)11-7-14-10(3)6-15-11/h9-11,14-15H,5-8H2,1-4H3,(H,16,18). The minimum atomic E-state index is -0.237. The second kappa shape index (κ2) is 7.45. The Morgan fingerprint density at radius 2 is 2.00 bits per heavy atom. The molecule has 1 saturated heterocycles. The Hall–Kier alpha value is -1.14. The summed E-state index contributed by atoms with van der Waals surface area (Å²) in [6.07, 6.45) is 0. The highest BCUT2D eigenvalue weighted by Crippen LogP contribution is 1.98. The van der Waals surface area contributed by atoms with Gasteiger partial charge in [0.1, 0.15) is 0 Å². The molecule has 0 saturated carbocycles. The number of likely N-dealkylation sites (N-methyl/N-ethyl adjacent to an activating group) is 1. The van der Waals surface area contributed by atoms with Crippen LogP contribution in [0.4, 0.5) is 0 Å². The topological polar surface area (TPSA) is 73.5 Å². The highest BCUT2D eigenvalue weighted by molar-refractivity contribution is 5.87. The van der Waals surface area contributed by atoms with Gasteiger partial charge < -0.3 is 20.9 Å². The first-order valence-electron chi connectivity index (χ1n) is 6.88. The zero-order chi connectivity index (χ0) is 14.4. The zero-order valence-corrected chi connectivity index (χ0v) is 12.3. The molecule has 19 heavy (non-hydrogen) atoms. The quantitative estimate of drug-likeness (QED) is 0.609. The number of nitrogens with zero attached hydrogens (tertiary/aromatic N) is 1. The smallest absolute Gasteiger partial charge is 0.241 e. The predicted molar refractivity (Wildman–Crippen MR) is 74.7 cm³/mol. The fourth-order valence-corrected chi connectivity index (χ4v) is 1.89. The van der Waals surface area contributed by atoms with E-state index in [0.29, 0.717) is 25.0 Å². The molecule has 1 aliphatic heterocycles. The van der Waals surface area contributed by atoms with Crippen molar-refractivity contribution in [2.75, 3.05) is 33.2 Å². The van der Waals surface area contributed by atoms with E-state index in [9.17, 15) is 9.59 Å². The lowest BCUT2D eigenvalue weighted by Crippen LogP contribution is -2.59. The Balaban J connectivity index is 2.33. The Morgan fingerprint density at radius 1 is 1.32 bits per heavy atom. The summed E-state index contributed by atoms with van der Waals surface area (Å²) in [6, 6.07) is 0.141. The molecule has 0 bridgehead atoms. The molecule has 0 radical (unpaired) electrons. The minimum Gasteiger partial charge on any atom is -0.354 e. The average molecular weight is 270 g/mol. The Kier molecular flexibility index (Phi) is 6.24. The van der Waals surface area contributed by atoms with Crippen molar-refractivity contribution >= 4 is 11.8 Å². The molecule has 3 N–H and O–H groups in total. The van der Waals surface area contributed by atoms with Crippen molar-refractivity contribution < 1.29 is 9.59 Å². The minimum absolute atomic E-state index is 0.0425. The van der Waals surface area contributed by atoms with Crippen LogP contribution in [0, 0.1) is 5.92 Å². The molecular formula is C13H26N4O2. The third-order valence-electron chi connectivity index (χ3n) is 3.10. The van der Waals surface area contributed by atoms with Crippen LogP contribution in [0.2, 0.25) is 0 Å². The fraction of sp³-hybridized carbons (Fsp3) is 0.846. The van der Waals surface area contributed by atoms with Gasteiger partial charge in [0.2, 0.25) is 11.8 Å². The lowest BCUT2D eigenvalue weighted by molar-refractivity contribution is -0.136. The molecule has 1 heterocycles. The number of hydrogen-bond acceptors (Lipinski definition) is 4. The molecule has 2 unspecified atom stereocenters.